The Balaban J connectivity index is 2.32. The summed E-state index contributed by atoms with van der Waals surface area (Å²) in [5.74, 6) is -2.62. The largest absolute Gasteiger partial charge is 0.508 e. The fraction of sp³-hybridized carbons (Fsp3) is 0.125. The molecule has 5 nitrogen and oxygen atoms in total. The average Bonchev–Trinajstić information content (AvgIpc) is 2.55. The first-order valence-corrected chi connectivity index (χ1v) is 7.28. The molecule has 0 spiro atoms. The van der Waals surface area contributed by atoms with E-state index in [-0.39, 0.29) is 16.3 Å². The molecule has 0 aliphatic carbocycles. The van der Waals surface area contributed by atoms with Crippen molar-refractivity contribution in [1.82, 2.24) is 10.6 Å². The van der Waals surface area contributed by atoms with Crippen LogP contribution in [0.5, 0.6) is 5.75 Å². The number of carbonyl (C=O) groups is 2. The van der Waals surface area contributed by atoms with Gasteiger partial charge < -0.3 is 10.4 Å². The Hall–Kier alpha value is -2.74. The summed E-state index contributed by atoms with van der Waals surface area (Å²) in [7, 11) is 0. The van der Waals surface area contributed by atoms with Crippen molar-refractivity contribution < 1.29 is 27.9 Å². The summed E-state index contributed by atoms with van der Waals surface area (Å²) in [5.41, 5.74) is 0.628. The van der Waals surface area contributed by atoms with Gasteiger partial charge in [-0.3, -0.25) is 10.1 Å². The van der Waals surface area contributed by atoms with E-state index in [0.717, 1.165) is 0 Å². The number of halogens is 4. The minimum atomic E-state index is -5.20. The molecule has 0 aliphatic rings. The third-order valence-corrected chi connectivity index (χ3v) is 3.43. The first-order chi connectivity index (χ1) is 11.7. The fourth-order valence-electron chi connectivity index (χ4n) is 2.08. The van der Waals surface area contributed by atoms with E-state index < -0.39 is 24.2 Å². The second-order valence-electron chi connectivity index (χ2n) is 4.97. The third-order valence-electron chi connectivity index (χ3n) is 3.19. The molecule has 1 atom stereocenters. The average molecular weight is 373 g/mol. The minimum absolute atomic E-state index is 0.160. The molecule has 2 rings (SSSR count). The Kier molecular flexibility index (Phi) is 5.53. The molecular formula is C16H12ClF3N2O3. The zero-order valence-corrected chi connectivity index (χ0v) is 13.2. The number of hydrogen-bond acceptors (Lipinski definition) is 3. The summed E-state index contributed by atoms with van der Waals surface area (Å²) >= 11 is 5.89. The van der Waals surface area contributed by atoms with Gasteiger partial charge in [0.1, 0.15) is 5.75 Å². The number of amides is 3. The normalized spacial score (nSPS) is 12.3. The molecule has 3 N–H and O–H groups in total. The van der Waals surface area contributed by atoms with Crippen LogP contribution in [0.25, 0.3) is 0 Å². The zero-order chi connectivity index (χ0) is 18.6. The number of phenols is 1. The number of alkyl halides is 3. The highest BCUT2D eigenvalue weighted by atomic mass is 35.5. The van der Waals surface area contributed by atoms with Crippen LogP contribution < -0.4 is 10.6 Å². The molecule has 132 valence electrons. The first-order valence-electron chi connectivity index (χ1n) is 6.90. The second kappa shape index (κ2) is 7.43. The van der Waals surface area contributed by atoms with E-state index in [1.807, 2.05) is 0 Å². The molecule has 0 unspecified atom stereocenters. The van der Waals surface area contributed by atoms with Crippen LogP contribution in [0.2, 0.25) is 5.02 Å². The van der Waals surface area contributed by atoms with Crippen LogP contribution in [0.3, 0.4) is 0 Å². The van der Waals surface area contributed by atoms with Gasteiger partial charge in [-0.05, 0) is 23.8 Å². The van der Waals surface area contributed by atoms with Crippen LogP contribution in [0.15, 0.2) is 48.5 Å². The summed E-state index contributed by atoms with van der Waals surface area (Å²) in [6.07, 6.45) is -5.20. The zero-order valence-electron chi connectivity index (χ0n) is 12.5. The van der Waals surface area contributed by atoms with Gasteiger partial charge in [-0.1, -0.05) is 41.9 Å². The van der Waals surface area contributed by atoms with Gasteiger partial charge in [0, 0.05) is 10.6 Å². The first kappa shape index (κ1) is 18.6. The molecule has 25 heavy (non-hydrogen) atoms. The summed E-state index contributed by atoms with van der Waals surface area (Å²) in [6, 6.07) is 9.84. The number of urea groups is 1. The van der Waals surface area contributed by atoms with Crippen molar-refractivity contribution >= 4 is 23.5 Å². The van der Waals surface area contributed by atoms with Crippen LogP contribution >= 0.6 is 11.6 Å². The van der Waals surface area contributed by atoms with Crippen molar-refractivity contribution in [3.63, 3.8) is 0 Å². The van der Waals surface area contributed by atoms with E-state index in [4.69, 9.17) is 11.6 Å². The second-order valence-corrected chi connectivity index (χ2v) is 5.41. The van der Waals surface area contributed by atoms with Crippen LogP contribution in [0.1, 0.15) is 17.2 Å². The molecule has 0 aliphatic heterocycles. The lowest BCUT2D eigenvalue weighted by molar-refractivity contribution is -0.172. The quantitative estimate of drug-likeness (QED) is 0.771. The van der Waals surface area contributed by atoms with Gasteiger partial charge in [-0.2, -0.15) is 13.2 Å². The number of nitrogens with one attached hydrogen (secondary N) is 2. The maximum Gasteiger partial charge on any atom is 0.471 e. The number of aromatic hydroxyl groups is 1. The predicted molar refractivity (Wildman–Crippen MR) is 84.1 cm³/mol. The highest BCUT2D eigenvalue weighted by Crippen LogP contribution is 2.31. The SMILES string of the molecule is O=C(NC(=O)C(F)(F)F)N[C@H](c1ccccc1)c1cc(Cl)ccc1O. The van der Waals surface area contributed by atoms with Gasteiger partial charge in [0.2, 0.25) is 0 Å². The molecule has 0 fully saturated rings. The van der Waals surface area contributed by atoms with E-state index in [2.05, 4.69) is 5.32 Å². The van der Waals surface area contributed by atoms with E-state index in [1.165, 1.54) is 23.5 Å². The number of rotatable bonds is 3. The van der Waals surface area contributed by atoms with Gasteiger partial charge in [-0.15, -0.1) is 0 Å². The summed E-state index contributed by atoms with van der Waals surface area (Å²) in [4.78, 5) is 22.7. The molecule has 3 amide bonds. The Bertz CT molecular complexity index is 782. The Morgan fingerprint density at radius 1 is 1.08 bits per heavy atom. The van der Waals surface area contributed by atoms with Crippen molar-refractivity contribution in [2.24, 2.45) is 0 Å². The van der Waals surface area contributed by atoms with E-state index in [1.54, 1.807) is 30.3 Å². The summed E-state index contributed by atoms with van der Waals surface area (Å²) < 4.78 is 36.8. The molecule has 0 saturated heterocycles. The Morgan fingerprint density at radius 2 is 1.72 bits per heavy atom. The molecule has 9 heteroatoms. The smallest absolute Gasteiger partial charge is 0.471 e. The lowest BCUT2D eigenvalue weighted by Gasteiger charge is -2.21. The molecule has 2 aromatic carbocycles. The lowest BCUT2D eigenvalue weighted by atomic mass is 9.98. The number of phenolic OH excluding ortho intramolecular Hbond substituents is 1. The van der Waals surface area contributed by atoms with Crippen LogP contribution in [-0.2, 0) is 4.79 Å². The maximum absolute atomic E-state index is 12.3. The molecule has 2 aromatic rings. The minimum Gasteiger partial charge on any atom is -0.508 e. The highest BCUT2D eigenvalue weighted by molar-refractivity contribution is 6.30. The van der Waals surface area contributed by atoms with Gasteiger partial charge in [0.15, 0.2) is 0 Å². The summed E-state index contributed by atoms with van der Waals surface area (Å²) in [5, 5.41) is 13.7. The monoisotopic (exact) mass is 372 g/mol. The van der Waals surface area contributed by atoms with Crippen molar-refractivity contribution in [2.75, 3.05) is 0 Å². The van der Waals surface area contributed by atoms with E-state index in [0.29, 0.717) is 5.56 Å². The molecule has 0 saturated carbocycles. The number of carbonyl (C=O) groups excluding carboxylic acids is 2. The van der Waals surface area contributed by atoms with Gasteiger partial charge in [-0.25, -0.2) is 4.79 Å². The molecular weight excluding hydrogens is 361 g/mol. The topological polar surface area (TPSA) is 78.4 Å². The van der Waals surface area contributed by atoms with Gasteiger partial charge in [0.05, 0.1) is 6.04 Å². The van der Waals surface area contributed by atoms with Crippen LogP contribution in [-0.4, -0.2) is 23.2 Å². The number of benzene rings is 2. The van der Waals surface area contributed by atoms with Crippen LogP contribution in [0, 0.1) is 0 Å². The molecule has 0 aromatic heterocycles. The van der Waals surface area contributed by atoms with Gasteiger partial charge in [0.25, 0.3) is 0 Å². The van der Waals surface area contributed by atoms with Gasteiger partial charge >= 0.3 is 18.1 Å². The van der Waals surface area contributed by atoms with Crippen molar-refractivity contribution in [1.29, 1.82) is 0 Å². The Morgan fingerprint density at radius 3 is 2.32 bits per heavy atom. The number of hydrogen-bond donors (Lipinski definition) is 3. The molecule has 0 radical (unpaired) electrons. The fourth-order valence-corrected chi connectivity index (χ4v) is 2.26. The van der Waals surface area contributed by atoms with Crippen molar-refractivity contribution in [3.8, 4) is 5.75 Å². The molecule has 0 heterocycles. The van der Waals surface area contributed by atoms with Crippen molar-refractivity contribution in [2.45, 2.75) is 12.2 Å². The lowest BCUT2D eigenvalue weighted by Crippen LogP contribution is -2.46. The Labute approximate surface area is 145 Å². The standard InChI is InChI=1S/C16H12ClF3N2O3/c17-10-6-7-12(23)11(8-10)13(9-4-2-1-3-5-9)21-15(25)22-14(24)16(18,19)20/h1-8,13,23H,(H2,21,22,24,25)/t13-/m1/s1. The van der Waals surface area contributed by atoms with E-state index >= 15 is 0 Å². The van der Waals surface area contributed by atoms with Crippen molar-refractivity contribution in [3.05, 3.63) is 64.7 Å². The number of imide groups is 1. The third kappa shape index (κ3) is 4.87. The summed E-state index contributed by atoms with van der Waals surface area (Å²) in [6.45, 7) is 0. The predicted octanol–water partition coefficient (Wildman–Crippen LogP) is 3.52. The molecule has 0 bridgehead atoms. The van der Waals surface area contributed by atoms with E-state index in [9.17, 15) is 27.9 Å². The maximum atomic E-state index is 12.3. The highest BCUT2D eigenvalue weighted by Gasteiger charge is 2.40. The van der Waals surface area contributed by atoms with Crippen LogP contribution in [0.4, 0.5) is 18.0 Å².